The number of amides is 8. The van der Waals surface area contributed by atoms with E-state index in [2.05, 4.69) is 24.5 Å². The number of nitrogens with zero attached hydrogens (tertiary/aromatic N) is 4. The summed E-state index contributed by atoms with van der Waals surface area (Å²) in [5, 5.41) is 9.65. The number of aryl methyl sites for hydroxylation is 2. The summed E-state index contributed by atoms with van der Waals surface area (Å²) in [6, 6.07) is 54.9. The van der Waals surface area contributed by atoms with Gasteiger partial charge in [-0.05, 0) is 130 Å². The third-order valence-electron chi connectivity index (χ3n) is 17.8. The van der Waals surface area contributed by atoms with Crippen LogP contribution in [0.25, 0.3) is 22.3 Å². The fraction of sp³-hybridized carbons (Fsp3) is 0.226. The maximum absolute atomic E-state index is 15.7. The van der Waals surface area contributed by atoms with E-state index in [1.807, 2.05) is 167 Å². The van der Waals surface area contributed by atoms with Crippen molar-refractivity contribution in [3.8, 4) is 45.3 Å². The summed E-state index contributed by atoms with van der Waals surface area (Å²) in [6.07, 6.45) is 0. The molecule has 2 heterocycles. The van der Waals surface area contributed by atoms with Gasteiger partial charge in [0.1, 0.15) is 27.6 Å². The minimum Gasteiger partial charge on any atom is -0.506 e. The summed E-state index contributed by atoms with van der Waals surface area (Å²) in [5.74, 6) is -4.50. The van der Waals surface area contributed by atoms with Crippen molar-refractivity contribution in [1.29, 1.82) is 0 Å². The summed E-state index contributed by atoms with van der Waals surface area (Å²) < 4.78 is 54.3. The predicted octanol–water partition coefficient (Wildman–Crippen LogP) is 15.1. The number of phenols is 1. The molecule has 4 atom stereocenters. The van der Waals surface area contributed by atoms with Crippen molar-refractivity contribution in [1.82, 2.24) is 9.80 Å². The number of fused-ring (bicyclic) bond motifs is 6. The quantitative estimate of drug-likeness (QED) is 0.0391. The Bertz CT molecular complexity index is 4930. The number of hydrogen-bond donors (Lipinski definition) is 1. The number of aromatic hydroxyl groups is 1. The first-order valence-electron chi connectivity index (χ1n) is 33.7. The number of carbonyl (C=O) groups is 11. The molecule has 8 amide bonds. The van der Waals surface area contributed by atoms with Gasteiger partial charge in [0.05, 0.1) is 22.0 Å². The molecule has 2 aliphatic rings. The van der Waals surface area contributed by atoms with E-state index in [-0.39, 0.29) is 63.2 Å². The molecule has 10 rings (SSSR count). The van der Waals surface area contributed by atoms with E-state index < -0.39 is 66.6 Å². The maximum Gasteiger partial charge on any atom is 0.340 e. The fourth-order valence-corrected chi connectivity index (χ4v) is 17.3. The third kappa shape index (κ3) is 18.4. The van der Waals surface area contributed by atoms with Crippen LogP contribution in [0.2, 0.25) is 0 Å². The van der Waals surface area contributed by atoms with Crippen molar-refractivity contribution in [2.75, 3.05) is 23.9 Å². The summed E-state index contributed by atoms with van der Waals surface area (Å²) >= 11 is 0. The topological polar surface area (TPSA) is 292 Å². The lowest BCUT2D eigenvalue weighted by Crippen LogP contribution is -2.35. The van der Waals surface area contributed by atoms with Gasteiger partial charge in [-0.2, -0.15) is 0 Å². The number of para-hydroxylation sites is 2. The second kappa shape index (κ2) is 35.4. The Hall–Kier alpha value is -12.0. The molecule has 0 saturated carbocycles. The van der Waals surface area contributed by atoms with Gasteiger partial charge < -0.3 is 23.6 Å². The largest absolute Gasteiger partial charge is 0.506 e. The summed E-state index contributed by atoms with van der Waals surface area (Å²) in [4.78, 5) is 129. The Kier molecular flexibility index (Phi) is 27.8. The first-order valence-corrected chi connectivity index (χ1v) is 36.9. The van der Waals surface area contributed by atoms with Gasteiger partial charge in [-0.3, -0.25) is 57.3 Å². The second-order valence-electron chi connectivity index (χ2n) is 25.9. The van der Waals surface area contributed by atoms with E-state index in [9.17, 15) is 57.8 Å². The van der Waals surface area contributed by atoms with Gasteiger partial charge in [0, 0.05) is 97.3 Å². The molecule has 108 heavy (non-hydrogen) atoms. The molecule has 4 unspecified atom stereocenters. The first kappa shape index (κ1) is 84.9. The van der Waals surface area contributed by atoms with Crippen LogP contribution in [0, 0.1) is 13.8 Å². The Morgan fingerprint density at radius 3 is 0.991 bits per heavy atom. The molecule has 0 spiro atoms. The highest BCUT2D eigenvalue weighted by Crippen LogP contribution is 2.71. The van der Waals surface area contributed by atoms with E-state index in [4.69, 9.17) is 13.8 Å². The monoisotopic (exact) mass is 1500 g/mol. The summed E-state index contributed by atoms with van der Waals surface area (Å²) in [5.41, 5.74) is 8.51. The maximum atomic E-state index is 15.7. The van der Waals surface area contributed by atoms with Crippen molar-refractivity contribution >= 4 is 102 Å². The van der Waals surface area contributed by atoms with Gasteiger partial charge in [-0.25, -0.2) is 24.2 Å². The van der Waals surface area contributed by atoms with Gasteiger partial charge in [-0.1, -0.05) is 164 Å². The Balaban J connectivity index is 0.000000253. The smallest absolute Gasteiger partial charge is 0.340 e. The molecular formula is C84H88N4O18P2. The zero-order valence-corrected chi connectivity index (χ0v) is 65.3. The van der Waals surface area contributed by atoms with E-state index in [1.165, 1.54) is 108 Å². The van der Waals surface area contributed by atoms with Gasteiger partial charge in [-0.15, -0.1) is 0 Å². The fourth-order valence-electron chi connectivity index (χ4n) is 11.4. The highest BCUT2D eigenvalue weighted by molar-refractivity contribution is 7.69. The van der Waals surface area contributed by atoms with Crippen LogP contribution < -0.4 is 34.2 Å². The molecular weight excluding hydrogens is 1410 g/mol. The number of hydrogen-bond acceptors (Lipinski definition) is 18. The molecule has 0 aliphatic carbocycles. The molecule has 22 nitrogen and oxygen atoms in total. The van der Waals surface area contributed by atoms with Crippen LogP contribution in [-0.4, -0.2) is 94.2 Å². The second-order valence-corrected chi connectivity index (χ2v) is 31.2. The van der Waals surface area contributed by atoms with Crippen LogP contribution in [0.3, 0.4) is 0 Å². The minimum atomic E-state index is -3.87. The van der Waals surface area contributed by atoms with Crippen molar-refractivity contribution in [3.63, 3.8) is 0 Å². The van der Waals surface area contributed by atoms with Crippen LogP contribution in [0.1, 0.15) is 123 Å². The third-order valence-corrected chi connectivity index (χ3v) is 24.1. The van der Waals surface area contributed by atoms with Gasteiger partial charge >= 0.3 is 17.9 Å². The average molecular weight is 1500 g/mol. The van der Waals surface area contributed by atoms with Crippen molar-refractivity contribution in [2.45, 2.75) is 114 Å². The molecule has 8 aromatic rings. The van der Waals surface area contributed by atoms with Crippen LogP contribution in [0.5, 0.6) is 23.0 Å². The number of phenolic OH excluding ortho intramolecular Hbond substituents is 1. The van der Waals surface area contributed by atoms with E-state index in [0.29, 0.717) is 38.8 Å². The van der Waals surface area contributed by atoms with Crippen LogP contribution in [0.15, 0.2) is 218 Å². The standard InChI is InChI=1S/C35H32NO6P.C31H28NO5P.C8H10O3.2C5H9NO2/c1-22(2)34(39)41-32-21-27(19-20-30(32)36(24(4)37)25(5)38)35(6,26-17-15-23(3)16-18-26)43(40)33-14-10-8-12-29(33)28-11-7-9-13-31(28)42-43;1-20-13-15-23(16-14-20)31(4,24-17-18-27(28(35)19-24)32(21(2)33)22(3)34)38(36)30-12-8-6-10-26(30)25-9-5-7-11-29(25)37-38;1-5(2)7(9)11-8(10)6(3)4;2*1-4(7)6(3)5(2)8/h7-21H,1H2,2-6H3;5-19,35H,1-4H3;1,3H2,2,4H3;2*1-3H3. The Labute approximate surface area is 629 Å². The van der Waals surface area contributed by atoms with Crippen molar-refractivity contribution in [2.24, 2.45) is 0 Å². The highest BCUT2D eigenvalue weighted by Gasteiger charge is 2.56. The molecule has 2 aliphatic heterocycles. The van der Waals surface area contributed by atoms with Gasteiger partial charge in [0.2, 0.25) is 47.3 Å². The lowest BCUT2D eigenvalue weighted by Gasteiger charge is -2.41. The number of benzene rings is 8. The van der Waals surface area contributed by atoms with Crippen LogP contribution in [0.4, 0.5) is 11.4 Å². The number of esters is 3. The summed E-state index contributed by atoms with van der Waals surface area (Å²) in [7, 11) is -4.75. The molecule has 0 fully saturated rings. The molecule has 0 radical (unpaired) electrons. The van der Waals surface area contributed by atoms with Crippen molar-refractivity contribution < 1.29 is 85.5 Å². The Morgan fingerprint density at radius 1 is 0.380 bits per heavy atom. The molecule has 562 valence electrons. The Morgan fingerprint density at radius 2 is 0.676 bits per heavy atom. The lowest BCUT2D eigenvalue weighted by molar-refractivity contribution is -0.154. The number of carbonyl (C=O) groups excluding carboxylic acids is 11. The normalized spacial score (nSPS) is 14.8. The number of rotatable bonds is 12. The predicted molar refractivity (Wildman–Crippen MR) is 416 cm³/mol. The zero-order valence-electron chi connectivity index (χ0n) is 63.5. The average Bonchev–Trinajstić information content (AvgIpc) is 0.711. The van der Waals surface area contributed by atoms with E-state index in [0.717, 1.165) is 58.5 Å². The first-order chi connectivity index (χ1) is 50.5. The van der Waals surface area contributed by atoms with Crippen LogP contribution >= 0.6 is 14.7 Å². The number of ether oxygens (including phenoxy) is 2. The summed E-state index contributed by atoms with van der Waals surface area (Å²) in [6.45, 7) is 32.8. The van der Waals surface area contributed by atoms with E-state index >= 15 is 9.13 Å². The molecule has 0 bridgehead atoms. The van der Waals surface area contributed by atoms with Gasteiger partial charge in [0.25, 0.3) is 14.7 Å². The van der Waals surface area contributed by atoms with E-state index in [1.54, 1.807) is 24.3 Å². The lowest BCUT2D eigenvalue weighted by atomic mass is 9.90. The number of anilines is 2. The zero-order chi connectivity index (χ0) is 80.8. The minimum absolute atomic E-state index is 0.0495. The molecule has 24 heteroatoms. The molecule has 0 saturated heterocycles. The number of imide groups is 4. The van der Waals surface area contributed by atoms with Crippen molar-refractivity contribution in [3.05, 3.63) is 252 Å². The molecule has 0 aromatic heterocycles. The van der Waals surface area contributed by atoms with Gasteiger partial charge in [0.15, 0.2) is 5.75 Å². The highest BCUT2D eigenvalue weighted by atomic mass is 31.2. The molecule has 1 N–H and O–H groups in total. The molecule has 8 aromatic carbocycles. The SMILES string of the molecule is C=C(C)C(=O)OC(=O)C(=C)C.C=C(C)C(=O)Oc1cc(C(C)(c2ccc(C)cc2)P2(=O)Oc3ccccc3-c3ccccc32)ccc1N(C(C)=O)C(C)=O.CC(=O)N(C(C)=O)c1ccc(C(C)(c2ccc(C)cc2)P2(=O)Oc3ccccc3-c3ccccc32)cc1O.CC(=O)N(C)C(C)=O.CC(=O)N(C)C(C)=O. The van der Waals surface area contributed by atoms with Crippen LogP contribution in [-0.2, 0) is 76.9 Å².